The summed E-state index contributed by atoms with van der Waals surface area (Å²) in [6.07, 6.45) is 0. The van der Waals surface area contributed by atoms with Crippen LogP contribution in [0.15, 0.2) is 80.4 Å². The Labute approximate surface area is 190 Å². The van der Waals surface area contributed by atoms with E-state index in [2.05, 4.69) is 15.9 Å². The summed E-state index contributed by atoms with van der Waals surface area (Å²) in [6, 6.07) is 18.7. The summed E-state index contributed by atoms with van der Waals surface area (Å²) in [6.45, 7) is 0. The Balaban J connectivity index is 1.83. The van der Waals surface area contributed by atoms with E-state index in [0.29, 0.717) is 33.0 Å². The van der Waals surface area contributed by atoms with Crippen molar-refractivity contribution in [1.82, 2.24) is 0 Å². The van der Waals surface area contributed by atoms with Crippen molar-refractivity contribution in [2.75, 3.05) is 12.0 Å². The number of nitrogens with zero attached hydrogens (tertiary/aromatic N) is 1. The van der Waals surface area contributed by atoms with E-state index in [-0.39, 0.29) is 11.2 Å². The van der Waals surface area contributed by atoms with Crippen molar-refractivity contribution in [1.29, 1.82) is 0 Å². The number of amides is 1. The maximum Gasteiger partial charge on any atom is 0.295 e. The van der Waals surface area contributed by atoms with Crippen molar-refractivity contribution >= 4 is 50.1 Å². The lowest BCUT2D eigenvalue weighted by molar-refractivity contribution is 0.0971. The SMILES string of the molecule is COc1cccc(C2c3c(oc4ccc(Br)cc4c3=O)C(=O)N2c2cccc(Cl)c2)c1. The van der Waals surface area contributed by atoms with Crippen molar-refractivity contribution in [2.45, 2.75) is 6.04 Å². The van der Waals surface area contributed by atoms with Crippen LogP contribution in [0.25, 0.3) is 11.0 Å². The van der Waals surface area contributed by atoms with Crippen molar-refractivity contribution < 1.29 is 13.9 Å². The zero-order valence-corrected chi connectivity index (χ0v) is 18.6. The van der Waals surface area contributed by atoms with Gasteiger partial charge in [0.25, 0.3) is 5.91 Å². The molecule has 1 aliphatic heterocycles. The Morgan fingerprint density at radius 1 is 1.03 bits per heavy atom. The molecule has 0 bridgehead atoms. The molecule has 1 unspecified atom stereocenters. The lowest BCUT2D eigenvalue weighted by Gasteiger charge is -2.25. The molecule has 3 aromatic carbocycles. The molecular formula is C24H15BrClNO4. The topological polar surface area (TPSA) is 59.8 Å². The van der Waals surface area contributed by atoms with Crippen LogP contribution in [-0.2, 0) is 0 Å². The van der Waals surface area contributed by atoms with E-state index >= 15 is 0 Å². The molecule has 1 aliphatic rings. The van der Waals surface area contributed by atoms with E-state index in [0.717, 1.165) is 10.0 Å². The lowest BCUT2D eigenvalue weighted by atomic mass is 9.98. The van der Waals surface area contributed by atoms with Gasteiger partial charge >= 0.3 is 0 Å². The average molecular weight is 497 g/mol. The van der Waals surface area contributed by atoms with Crippen LogP contribution in [0.2, 0.25) is 5.02 Å². The zero-order chi connectivity index (χ0) is 21.7. The second kappa shape index (κ2) is 7.55. The van der Waals surface area contributed by atoms with E-state index < -0.39 is 11.9 Å². The number of halogens is 2. The van der Waals surface area contributed by atoms with Crippen molar-refractivity contribution in [3.8, 4) is 5.75 Å². The predicted octanol–water partition coefficient (Wildman–Crippen LogP) is 5.97. The van der Waals surface area contributed by atoms with Gasteiger partial charge in [0.15, 0.2) is 5.43 Å². The third kappa shape index (κ3) is 3.23. The highest BCUT2D eigenvalue weighted by Crippen LogP contribution is 2.42. The number of fused-ring (bicyclic) bond motifs is 2. The standard InChI is InChI=1S/C24H15BrClNO4/c1-30-17-7-2-4-13(10-17)21-20-22(28)18-11-14(25)8-9-19(18)31-23(20)24(29)27(21)16-6-3-5-15(26)12-16/h2-12,21H,1H3. The molecule has 0 radical (unpaired) electrons. The molecule has 0 fully saturated rings. The first-order chi connectivity index (χ1) is 15.0. The number of benzene rings is 3. The smallest absolute Gasteiger partial charge is 0.295 e. The average Bonchev–Trinajstić information content (AvgIpc) is 3.07. The number of carbonyl (C=O) groups is 1. The first-order valence-corrected chi connectivity index (χ1v) is 10.6. The van der Waals surface area contributed by atoms with Crippen LogP contribution in [0.5, 0.6) is 5.75 Å². The molecule has 4 aromatic rings. The second-order valence-electron chi connectivity index (χ2n) is 7.15. The Kier molecular flexibility index (Phi) is 4.84. The number of methoxy groups -OCH3 is 1. The molecule has 1 atom stereocenters. The molecule has 0 saturated heterocycles. The van der Waals surface area contributed by atoms with Gasteiger partial charge in [-0.2, -0.15) is 0 Å². The highest BCUT2D eigenvalue weighted by Gasteiger charge is 2.43. The Hall–Kier alpha value is -3.09. The monoisotopic (exact) mass is 495 g/mol. The molecule has 154 valence electrons. The third-order valence-corrected chi connectivity index (χ3v) is 6.06. The van der Waals surface area contributed by atoms with Gasteiger partial charge in [0, 0.05) is 15.2 Å². The Morgan fingerprint density at radius 3 is 2.61 bits per heavy atom. The summed E-state index contributed by atoms with van der Waals surface area (Å²) >= 11 is 9.61. The quantitative estimate of drug-likeness (QED) is 0.351. The molecule has 2 heterocycles. The molecule has 7 heteroatoms. The summed E-state index contributed by atoms with van der Waals surface area (Å²) < 4.78 is 12.1. The normalized spacial score (nSPS) is 15.4. The fraction of sp³-hybridized carbons (Fsp3) is 0.0833. The molecule has 0 spiro atoms. The summed E-state index contributed by atoms with van der Waals surface area (Å²) in [4.78, 5) is 28.6. The number of ether oxygens (including phenoxy) is 1. The maximum absolute atomic E-state index is 13.6. The summed E-state index contributed by atoms with van der Waals surface area (Å²) in [5.74, 6) is 0.261. The number of carbonyl (C=O) groups excluding carboxylic acids is 1. The van der Waals surface area contributed by atoms with E-state index in [1.807, 2.05) is 24.3 Å². The summed E-state index contributed by atoms with van der Waals surface area (Å²) in [5, 5.41) is 0.890. The second-order valence-corrected chi connectivity index (χ2v) is 8.50. The molecular weight excluding hydrogens is 482 g/mol. The van der Waals surface area contributed by atoms with Gasteiger partial charge in [-0.1, -0.05) is 45.7 Å². The fourth-order valence-corrected chi connectivity index (χ4v) is 4.51. The number of rotatable bonds is 3. The minimum atomic E-state index is -0.685. The predicted molar refractivity (Wildman–Crippen MR) is 123 cm³/mol. The first kappa shape index (κ1) is 19.8. The third-order valence-electron chi connectivity index (χ3n) is 5.33. The highest BCUT2D eigenvalue weighted by atomic mass is 79.9. The van der Waals surface area contributed by atoms with Crippen molar-refractivity contribution in [3.05, 3.63) is 103 Å². The van der Waals surface area contributed by atoms with E-state index in [9.17, 15) is 9.59 Å². The van der Waals surface area contributed by atoms with Gasteiger partial charge in [-0.15, -0.1) is 0 Å². The van der Waals surface area contributed by atoms with Gasteiger partial charge in [0.05, 0.1) is 24.1 Å². The van der Waals surface area contributed by atoms with Crippen LogP contribution in [0.4, 0.5) is 5.69 Å². The molecule has 0 saturated carbocycles. The van der Waals surface area contributed by atoms with Gasteiger partial charge in [-0.05, 0) is 54.1 Å². The molecule has 5 rings (SSSR count). The highest BCUT2D eigenvalue weighted by molar-refractivity contribution is 9.10. The lowest BCUT2D eigenvalue weighted by Crippen LogP contribution is -2.29. The zero-order valence-electron chi connectivity index (χ0n) is 16.3. The number of hydrogen-bond donors (Lipinski definition) is 0. The molecule has 5 nitrogen and oxygen atoms in total. The molecule has 1 amide bonds. The Bertz CT molecular complexity index is 1410. The van der Waals surface area contributed by atoms with Gasteiger partial charge in [-0.25, -0.2) is 0 Å². The van der Waals surface area contributed by atoms with Crippen molar-refractivity contribution in [3.63, 3.8) is 0 Å². The molecule has 1 aromatic heterocycles. The van der Waals surface area contributed by atoms with E-state index in [1.165, 1.54) is 0 Å². The van der Waals surface area contributed by atoms with Crippen LogP contribution in [-0.4, -0.2) is 13.0 Å². The van der Waals surface area contributed by atoms with Gasteiger partial charge < -0.3 is 9.15 Å². The van der Waals surface area contributed by atoms with E-state index in [4.69, 9.17) is 20.8 Å². The van der Waals surface area contributed by atoms with Crippen LogP contribution in [0.3, 0.4) is 0 Å². The minimum Gasteiger partial charge on any atom is -0.497 e. The minimum absolute atomic E-state index is 0.0348. The Morgan fingerprint density at radius 2 is 1.84 bits per heavy atom. The molecule has 0 N–H and O–H groups in total. The van der Waals surface area contributed by atoms with Crippen LogP contribution in [0.1, 0.15) is 27.7 Å². The van der Waals surface area contributed by atoms with Crippen LogP contribution >= 0.6 is 27.5 Å². The van der Waals surface area contributed by atoms with Gasteiger partial charge in [0.2, 0.25) is 5.76 Å². The summed E-state index contributed by atoms with van der Waals surface area (Å²) in [7, 11) is 1.57. The number of anilines is 1. The maximum atomic E-state index is 13.6. The van der Waals surface area contributed by atoms with Gasteiger partial charge in [0.1, 0.15) is 11.3 Å². The largest absolute Gasteiger partial charge is 0.497 e. The number of hydrogen-bond acceptors (Lipinski definition) is 4. The first-order valence-electron chi connectivity index (χ1n) is 9.47. The van der Waals surface area contributed by atoms with Crippen molar-refractivity contribution in [2.24, 2.45) is 0 Å². The summed E-state index contributed by atoms with van der Waals surface area (Å²) in [5.41, 5.74) is 1.71. The van der Waals surface area contributed by atoms with Gasteiger partial charge in [-0.3, -0.25) is 14.5 Å². The molecule has 0 aliphatic carbocycles. The fourth-order valence-electron chi connectivity index (χ4n) is 3.96. The van der Waals surface area contributed by atoms with E-state index in [1.54, 1.807) is 54.5 Å². The molecule has 31 heavy (non-hydrogen) atoms. The van der Waals surface area contributed by atoms with Crippen LogP contribution < -0.4 is 15.1 Å². The van der Waals surface area contributed by atoms with Crippen LogP contribution in [0, 0.1) is 0 Å².